The number of alkyl carbamates (subject to hydrolysis) is 1. The first-order chi connectivity index (χ1) is 19.0. The predicted molar refractivity (Wildman–Crippen MR) is 142 cm³/mol. The number of hydrogen-bond acceptors (Lipinski definition) is 6. The number of hydroxylamine groups is 2. The van der Waals surface area contributed by atoms with Crippen molar-refractivity contribution in [2.24, 2.45) is 5.92 Å². The number of nitrogens with one attached hydrogen (secondary N) is 1. The molecule has 3 aromatic rings. The molecule has 1 fully saturated rings. The van der Waals surface area contributed by atoms with Gasteiger partial charge in [0, 0.05) is 5.92 Å². The van der Waals surface area contributed by atoms with E-state index in [1.165, 1.54) is 12.1 Å². The van der Waals surface area contributed by atoms with Crippen LogP contribution in [0.2, 0.25) is 0 Å². The highest BCUT2D eigenvalue weighted by Crippen LogP contribution is 2.44. The molecule has 8 nitrogen and oxygen atoms in total. The maximum atomic E-state index is 13.3. The molecule has 2 aliphatic carbocycles. The summed E-state index contributed by atoms with van der Waals surface area (Å²) < 4.78 is 5.67. The van der Waals surface area contributed by atoms with Gasteiger partial charge in [0.25, 0.3) is 11.8 Å². The predicted octanol–water partition coefficient (Wildman–Crippen LogP) is 5.23. The van der Waals surface area contributed by atoms with Gasteiger partial charge < -0.3 is 14.9 Å². The van der Waals surface area contributed by atoms with Gasteiger partial charge in [-0.05, 0) is 53.1 Å². The molecule has 3 amide bonds. The normalized spacial score (nSPS) is 17.3. The van der Waals surface area contributed by atoms with Crippen molar-refractivity contribution < 1.29 is 28.8 Å². The molecule has 8 heteroatoms. The second-order valence-corrected chi connectivity index (χ2v) is 10.2. The maximum absolute atomic E-state index is 13.3. The molecule has 6 rings (SSSR count). The highest BCUT2D eigenvalue weighted by Gasteiger charge is 2.42. The van der Waals surface area contributed by atoms with Gasteiger partial charge in [-0.25, -0.2) is 9.59 Å². The van der Waals surface area contributed by atoms with E-state index in [0.717, 1.165) is 41.5 Å². The smallest absolute Gasteiger partial charge is 0.407 e. The highest BCUT2D eigenvalue weighted by molar-refractivity contribution is 6.21. The number of nitrogens with zero attached hydrogens (tertiary/aromatic N) is 1. The second-order valence-electron chi connectivity index (χ2n) is 10.2. The fraction of sp³-hybridized carbons (Fsp3) is 0.290. The Morgan fingerprint density at radius 2 is 1.28 bits per heavy atom. The van der Waals surface area contributed by atoms with Gasteiger partial charge in [-0.15, -0.1) is 0 Å². The summed E-state index contributed by atoms with van der Waals surface area (Å²) in [6.45, 7) is 0.102. The van der Waals surface area contributed by atoms with Crippen molar-refractivity contribution in [2.75, 3.05) is 6.61 Å². The van der Waals surface area contributed by atoms with Crippen LogP contribution in [0.4, 0.5) is 4.79 Å². The van der Waals surface area contributed by atoms with Crippen LogP contribution in [0.1, 0.15) is 69.9 Å². The lowest BCUT2D eigenvalue weighted by molar-refractivity contribution is -0.173. The van der Waals surface area contributed by atoms with Crippen molar-refractivity contribution in [1.29, 1.82) is 0 Å². The number of rotatable bonds is 6. The summed E-state index contributed by atoms with van der Waals surface area (Å²) in [5.74, 6) is -2.58. The number of imide groups is 1. The summed E-state index contributed by atoms with van der Waals surface area (Å²) in [5.41, 5.74) is 4.75. The Morgan fingerprint density at radius 3 is 1.85 bits per heavy atom. The molecule has 39 heavy (non-hydrogen) atoms. The molecule has 0 spiro atoms. The lowest BCUT2D eigenvalue weighted by atomic mass is 9.84. The topological polar surface area (TPSA) is 102 Å². The lowest BCUT2D eigenvalue weighted by Gasteiger charge is -2.29. The Labute approximate surface area is 225 Å². The first-order valence-corrected chi connectivity index (χ1v) is 13.3. The van der Waals surface area contributed by atoms with Gasteiger partial charge in [-0.1, -0.05) is 85.0 Å². The van der Waals surface area contributed by atoms with Crippen LogP contribution >= 0.6 is 0 Å². The Morgan fingerprint density at radius 1 is 0.769 bits per heavy atom. The second kappa shape index (κ2) is 10.4. The highest BCUT2D eigenvalue weighted by atomic mass is 16.7. The molecule has 0 bridgehead atoms. The van der Waals surface area contributed by atoms with E-state index in [4.69, 9.17) is 9.57 Å². The first-order valence-electron chi connectivity index (χ1n) is 13.3. The minimum Gasteiger partial charge on any atom is -0.449 e. The number of carbonyl (C=O) groups excluding carboxylic acids is 4. The van der Waals surface area contributed by atoms with E-state index in [1.54, 1.807) is 12.1 Å². The zero-order valence-corrected chi connectivity index (χ0v) is 21.3. The van der Waals surface area contributed by atoms with Crippen LogP contribution < -0.4 is 5.32 Å². The van der Waals surface area contributed by atoms with Gasteiger partial charge in [0.1, 0.15) is 12.6 Å². The molecule has 198 valence electrons. The van der Waals surface area contributed by atoms with E-state index >= 15 is 0 Å². The van der Waals surface area contributed by atoms with Gasteiger partial charge in [0.2, 0.25) is 0 Å². The molecule has 0 radical (unpaired) electrons. The van der Waals surface area contributed by atoms with Crippen LogP contribution in [-0.2, 0) is 14.4 Å². The minimum absolute atomic E-state index is 0.102. The Hall–Kier alpha value is -4.46. The van der Waals surface area contributed by atoms with Crippen molar-refractivity contribution in [2.45, 2.75) is 44.1 Å². The average molecular weight is 525 g/mol. The first kappa shape index (κ1) is 24.9. The van der Waals surface area contributed by atoms with Crippen molar-refractivity contribution in [3.05, 3.63) is 95.1 Å². The zero-order valence-electron chi connectivity index (χ0n) is 21.3. The molecule has 3 aromatic carbocycles. The summed E-state index contributed by atoms with van der Waals surface area (Å²) >= 11 is 0. The van der Waals surface area contributed by atoms with E-state index in [2.05, 4.69) is 17.4 Å². The van der Waals surface area contributed by atoms with Crippen LogP contribution in [0.15, 0.2) is 72.8 Å². The van der Waals surface area contributed by atoms with Crippen LogP contribution in [-0.4, -0.2) is 41.6 Å². The summed E-state index contributed by atoms with van der Waals surface area (Å²) in [6, 6.07) is 21.3. The van der Waals surface area contributed by atoms with Gasteiger partial charge in [0.05, 0.1) is 11.1 Å². The SMILES string of the molecule is O=C(N[C@H](C(=O)ON1C(=O)c2ccccc2C1=O)C1CCCCC1)OCC1c2ccccc2-c2ccccc21. The number of hydrogen-bond donors (Lipinski definition) is 1. The molecule has 0 unspecified atom stereocenters. The van der Waals surface area contributed by atoms with E-state index in [-0.39, 0.29) is 29.6 Å². The molecular weight excluding hydrogens is 496 g/mol. The molecule has 1 saturated carbocycles. The fourth-order valence-electron chi connectivity index (χ4n) is 6.00. The lowest BCUT2D eigenvalue weighted by Crippen LogP contribution is -2.50. The number of carbonyl (C=O) groups is 4. The molecule has 0 saturated heterocycles. The Kier molecular flexibility index (Phi) is 6.60. The van der Waals surface area contributed by atoms with Crippen LogP contribution in [0.3, 0.4) is 0 Å². The quantitative estimate of drug-likeness (QED) is 0.443. The van der Waals surface area contributed by atoms with Gasteiger partial charge in [0.15, 0.2) is 0 Å². The average Bonchev–Trinajstić information content (AvgIpc) is 3.42. The number of amides is 3. The molecule has 1 aliphatic heterocycles. The fourth-order valence-corrected chi connectivity index (χ4v) is 6.00. The Bertz CT molecular complexity index is 1380. The monoisotopic (exact) mass is 524 g/mol. The molecule has 0 aromatic heterocycles. The molecule has 1 heterocycles. The van der Waals surface area contributed by atoms with Gasteiger partial charge >= 0.3 is 12.1 Å². The van der Waals surface area contributed by atoms with Crippen molar-refractivity contribution >= 4 is 23.9 Å². The van der Waals surface area contributed by atoms with Crippen LogP contribution in [0.25, 0.3) is 11.1 Å². The van der Waals surface area contributed by atoms with E-state index in [1.807, 2.05) is 36.4 Å². The van der Waals surface area contributed by atoms with Gasteiger partial charge in [-0.2, -0.15) is 0 Å². The van der Waals surface area contributed by atoms with E-state index in [0.29, 0.717) is 17.9 Å². The number of ether oxygens (including phenoxy) is 1. The summed E-state index contributed by atoms with van der Waals surface area (Å²) in [5, 5.41) is 3.19. The molecular formula is C31H28N2O6. The van der Waals surface area contributed by atoms with E-state index in [9.17, 15) is 19.2 Å². The van der Waals surface area contributed by atoms with Gasteiger partial charge in [-0.3, -0.25) is 9.59 Å². The molecule has 3 aliphatic rings. The van der Waals surface area contributed by atoms with Crippen LogP contribution in [0, 0.1) is 5.92 Å². The number of benzene rings is 3. The van der Waals surface area contributed by atoms with Crippen molar-refractivity contribution in [3.63, 3.8) is 0 Å². The van der Waals surface area contributed by atoms with Crippen LogP contribution in [0.5, 0.6) is 0 Å². The summed E-state index contributed by atoms with van der Waals surface area (Å²) in [7, 11) is 0. The van der Waals surface area contributed by atoms with E-state index < -0.39 is 29.9 Å². The standard InChI is InChI=1S/C31H28N2O6/c34-28-24-16-8-9-17-25(24)29(35)33(28)39-30(36)27(19-10-2-1-3-11-19)32-31(37)38-18-26-22-14-6-4-12-20(22)21-13-5-7-15-23(21)26/h4-9,12-17,19,26-27H,1-3,10-11,18H2,(H,32,37)/t27-/m0/s1. The molecule has 1 N–H and O–H groups in total. The summed E-state index contributed by atoms with van der Waals surface area (Å²) in [6.07, 6.45) is 3.55. The maximum Gasteiger partial charge on any atom is 0.407 e. The minimum atomic E-state index is -1.05. The third kappa shape index (κ3) is 4.56. The van der Waals surface area contributed by atoms with Crippen molar-refractivity contribution in [1.82, 2.24) is 10.4 Å². The number of fused-ring (bicyclic) bond motifs is 4. The Balaban J connectivity index is 1.16. The third-order valence-electron chi connectivity index (χ3n) is 7.93. The third-order valence-corrected chi connectivity index (χ3v) is 7.93. The molecule has 1 atom stereocenters. The zero-order chi connectivity index (χ0) is 26.9. The summed E-state index contributed by atoms with van der Waals surface area (Å²) in [4.78, 5) is 57.2. The largest absolute Gasteiger partial charge is 0.449 e. The van der Waals surface area contributed by atoms with Crippen molar-refractivity contribution in [3.8, 4) is 11.1 Å².